The minimum Gasteiger partial charge on any atom is -0.385 e. The number of aliphatic hydroxyl groups is 1. The second-order valence-corrected chi connectivity index (χ2v) is 2.17. The first-order chi connectivity index (χ1) is 4.27. The number of hydrogen-bond donors (Lipinski definition) is 1. The molecule has 1 atom stereocenters. The highest BCUT2D eigenvalue weighted by Crippen LogP contribution is 2.45. The van der Waals surface area contributed by atoms with E-state index >= 15 is 0 Å². The van der Waals surface area contributed by atoms with Gasteiger partial charge in [0.2, 0.25) is 0 Å². The predicted molar refractivity (Wildman–Crippen MR) is 28.0 cm³/mol. The van der Waals surface area contributed by atoms with Gasteiger partial charge >= 0.3 is 7.32 Å². The van der Waals surface area contributed by atoms with Gasteiger partial charge in [0.25, 0.3) is 5.97 Å². The summed E-state index contributed by atoms with van der Waals surface area (Å²) in [5.74, 6) is -1.07. The average molecular weight is 130 g/mol. The van der Waals surface area contributed by atoms with E-state index < -0.39 is 19.4 Å². The molecule has 1 unspecified atom stereocenters. The van der Waals surface area contributed by atoms with Crippen molar-refractivity contribution in [3.8, 4) is 0 Å². The zero-order valence-electron chi connectivity index (χ0n) is 5.03. The Bertz CT molecular complexity index is 122. The Labute approximate surface area is 52.9 Å². The molecule has 3 heterocycles. The Balaban J connectivity index is 1.96. The monoisotopic (exact) mass is 130 g/mol. The summed E-state index contributed by atoms with van der Waals surface area (Å²) in [6, 6.07) is 0. The van der Waals surface area contributed by atoms with Gasteiger partial charge in [-0.2, -0.15) is 0 Å². The lowest BCUT2D eigenvalue weighted by Gasteiger charge is -2.57. The van der Waals surface area contributed by atoms with Crippen LogP contribution in [-0.4, -0.2) is 24.5 Å². The minimum atomic E-state index is -1.07. The first kappa shape index (κ1) is 5.67. The average Bonchev–Trinajstić information content (AvgIpc) is 1.57. The van der Waals surface area contributed by atoms with E-state index in [1.54, 1.807) is 0 Å². The van der Waals surface area contributed by atoms with Crippen LogP contribution in [0.5, 0.6) is 0 Å². The van der Waals surface area contributed by atoms with Crippen LogP contribution in [0.15, 0.2) is 0 Å². The highest BCUT2D eigenvalue weighted by Gasteiger charge is 2.72. The fraction of sp³-hybridized carbons (Fsp3) is 1.00. The van der Waals surface area contributed by atoms with Crippen LogP contribution in [0.25, 0.3) is 0 Å². The summed E-state index contributed by atoms with van der Waals surface area (Å²) in [4.78, 5) is 0. The molecule has 3 fully saturated rings. The van der Waals surface area contributed by atoms with E-state index in [1.165, 1.54) is 0 Å². The maximum Gasteiger partial charge on any atom is 0.651 e. The van der Waals surface area contributed by atoms with Crippen molar-refractivity contribution in [1.29, 1.82) is 0 Å². The summed E-state index contributed by atoms with van der Waals surface area (Å²) in [7, 11) is -0.494. The minimum absolute atomic E-state index is 0.494. The van der Waals surface area contributed by atoms with E-state index in [-0.39, 0.29) is 0 Å². The lowest BCUT2D eigenvalue weighted by Crippen LogP contribution is -2.79. The first-order valence-corrected chi connectivity index (χ1v) is 2.98. The number of rotatable bonds is 2. The van der Waals surface area contributed by atoms with Crippen LogP contribution in [-0.2, 0) is 14.0 Å². The molecular formula is C4H7BO4. The van der Waals surface area contributed by atoms with Crippen LogP contribution in [0.4, 0.5) is 0 Å². The third-order valence-electron chi connectivity index (χ3n) is 1.58. The van der Waals surface area contributed by atoms with E-state index in [0.29, 0.717) is 6.42 Å². The largest absolute Gasteiger partial charge is 0.651 e. The van der Waals surface area contributed by atoms with Gasteiger partial charge in [0, 0.05) is 0 Å². The van der Waals surface area contributed by atoms with Crippen LogP contribution < -0.4 is 0 Å². The molecular weight excluding hydrogens is 123 g/mol. The predicted octanol–water partition coefficient (Wildman–Crippen LogP) is -0.527. The lowest BCUT2D eigenvalue weighted by atomic mass is 9.97. The molecule has 3 aliphatic rings. The standard InChI is InChI=1S/C4H7BO4/c1-2-3(6)4-7-5(8-4)9-4/h3,6H,2H2,1H3. The van der Waals surface area contributed by atoms with Gasteiger partial charge in [0.1, 0.15) is 6.10 Å². The van der Waals surface area contributed by atoms with Gasteiger partial charge in [0.05, 0.1) is 0 Å². The lowest BCUT2D eigenvalue weighted by molar-refractivity contribution is -0.488. The van der Waals surface area contributed by atoms with Crippen molar-refractivity contribution in [2.45, 2.75) is 25.4 Å². The van der Waals surface area contributed by atoms with E-state index in [4.69, 9.17) is 19.1 Å². The van der Waals surface area contributed by atoms with Crippen LogP contribution in [0.2, 0.25) is 0 Å². The van der Waals surface area contributed by atoms with Gasteiger partial charge in [-0.3, -0.25) is 0 Å². The molecule has 0 spiro atoms. The third-order valence-corrected chi connectivity index (χ3v) is 1.58. The molecule has 0 aromatic rings. The van der Waals surface area contributed by atoms with Crippen LogP contribution >= 0.6 is 0 Å². The van der Waals surface area contributed by atoms with Crippen LogP contribution in [0.3, 0.4) is 0 Å². The Hall–Kier alpha value is -0.0951. The smallest absolute Gasteiger partial charge is 0.385 e. The van der Waals surface area contributed by atoms with Gasteiger partial charge in [-0.1, -0.05) is 6.92 Å². The summed E-state index contributed by atoms with van der Waals surface area (Å²) in [5.41, 5.74) is 0. The van der Waals surface area contributed by atoms with Crippen molar-refractivity contribution in [2.75, 3.05) is 0 Å². The second-order valence-electron chi connectivity index (χ2n) is 2.17. The Kier molecular flexibility index (Phi) is 0.939. The van der Waals surface area contributed by atoms with Gasteiger partial charge in [-0.15, -0.1) is 0 Å². The molecule has 1 N–H and O–H groups in total. The fourth-order valence-corrected chi connectivity index (χ4v) is 0.914. The van der Waals surface area contributed by atoms with E-state index in [2.05, 4.69) is 0 Å². The molecule has 0 aliphatic carbocycles. The highest BCUT2D eigenvalue weighted by atomic mass is 17.1. The molecule has 4 nitrogen and oxygen atoms in total. The molecule has 0 radical (unpaired) electrons. The summed E-state index contributed by atoms with van der Waals surface area (Å²) in [5, 5.41) is 9.10. The SMILES string of the molecule is CCC(O)C12OB(O1)O2. The van der Waals surface area contributed by atoms with Gasteiger partial charge in [0.15, 0.2) is 0 Å². The molecule has 3 aliphatic heterocycles. The fourth-order valence-electron chi connectivity index (χ4n) is 0.914. The number of hydrogen-bond acceptors (Lipinski definition) is 4. The Morgan fingerprint density at radius 3 is 2.22 bits per heavy atom. The van der Waals surface area contributed by atoms with Crippen molar-refractivity contribution in [3.05, 3.63) is 0 Å². The van der Waals surface area contributed by atoms with Gasteiger partial charge < -0.3 is 19.1 Å². The second kappa shape index (κ2) is 1.49. The van der Waals surface area contributed by atoms with Crippen molar-refractivity contribution >= 4 is 7.32 Å². The summed E-state index contributed by atoms with van der Waals surface area (Å²) >= 11 is 0. The molecule has 0 aromatic heterocycles. The van der Waals surface area contributed by atoms with Crippen molar-refractivity contribution in [2.24, 2.45) is 0 Å². The molecule has 0 aromatic carbocycles. The maximum atomic E-state index is 9.10. The molecule has 0 saturated carbocycles. The maximum absolute atomic E-state index is 9.10. The third kappa shape index (κ3) is 0.525. The number of aliphatic hydroxyl groups excluding tert-OH is 1. The van der Waals surface area contributed by atoms with E-state index in [9.17, 15) is 0 Å². The molecule has 9 heavy (non-hydrogen) atoms. The van der Waals surface area contributed by atoms with E-state index in [0.717, 1.165) is 0 Å². The molecule has 50 valence electrons. The van der Waals surface area contributed by atoms with E-state index in [1.807, 2.05) is 6.92 Å². The van der Waals surface area contributed by atoms with Gasteiger partial charge in [-0.25, -0.2) is 0 Å². The summed E-state index contributed by atoms with van der Waals surface area (Å²) in [6.07, 6.45) is -0.0744. The molecule has 5 heteroatoms. The van der Waals surface area contributed by atoms with Gasteiger partial charge in [-0.05, 0) is 6.42 Å². The normalized spacial score (nSPS) is 30.7. The van der Waals surface area contributed by atoms with Crippen molar-refractivity contribution in [1.82, 2.24) is 0 Å². The van der Waals surface area contributed by atoms with Crippen molar-refractivity contribution in [3.63, 3.8) is 0 Å². The zero-order chi connectivity index (χ0) is 6.48. The Morgan fingerprint density at radius 1 is 1.56 bits per heavy atom. The molecule has 2 bridgehead atoms. The van der Waals surface area contributed by atoms with Crippen LogP contribution in [0.1, 0.15) is 13.3 Å². The van der Waals surface area contributed by atoms with Crippen molar-refractivity contribution < 1.29 is 19.1 Å². The molecule has 3 saturated heterocycles. The first-order valence-electron chi connectivity index (χ1n) is 2.98. The zero-order valence-corrected chi connectivity index (χ0v) is 5.03. The topological polar surface area (TPSA) is 47.9 Å². The molecule has 3 rings (SSSR count). The quantitative estimate of drug-likeness (QED) is 0.510. The summed E-state index contributed by atoms with van der Waals surface area (Å²) < 4.78 is 14.6. The highest BCUT2D eigenvalue weighted by molar-refractivity contribution is 6.43. The summed E-state index contributed by atoms with van der Waals surface area (Å²) in [6.45, 7) is 1.83. The molecule has 0 amide bonds. The van der Waals surface area contributed by atoms with Crippen LogP contribution in [0, 0.1) is 0 Å². The Morgan fingerprint density at radius 2 is 2.11 bits per heavy atom.